The van der Waals surface area contributed by atoms with Crippen molar-refractivity contribution in [3.05, 3.63) is 52.9 Å². The molecule has 0 aliphatic rings. The number of rotatable bonds is 4. The van der Waals surface area contributed by atoms with Crippen LogP contribution in [0.4, 0.5) is 0 Å². The molecule has 0 spiro atoms. The number of halogens is 1. The number of carbonyl (C=O) groups excluding carboxylic acids is 1. The highest BCUT2D eigenvalue weighted by atomic mass is 35.5. The van der Waals surface area contributed by atoms with Crippen LogP contribution >= 0.6 is 11.6 Å². The third-order valence-corrected chi connectivity index (χ3v) is 2.52. The molecule has 0 saturated heterocycles. The molecule has 6 heteroatoms. The summed E-state index contributed by atoms with van der Waals surface area (Å²) in [5, 5.41) is 0.635. The van der Waals surface area contributed by atoms with Crippen molar-refractivity contribution in [1.82, 2.24) is 9.97 Å². The van der Waals surface area contributed by atoms with E-state index in [1.165, 1.54) is 19.5 Å². The molecule has 0 bridgehead atoms. The van der Waals surface area contributed by atoms with E-state index in [-0.39, 0.29) is 11.6 Å². The zero-order valence-corrected chi connectivity index (χ0v) is 10.9. The predicted octanol–water partition coefficient (Wildman–Crippen LogP) is 2.50. The minimum Gasteiger partial charge on any atom is -0.472 e. The third kappa shape index (κ3) is 3.66. The topological polar surface area (TPSA) is 61.3 Å². The van der Waals surface area contributed by atoms with Gasteiger partial charge in [-0.05, 0) is 17.7 Å². The lowest BCUT2D eigenvalue weighted by molar-refractivity contribution is 0.0592. The predicted molar refractivity (Wildman–Crippen MR) is 69.2 cm³/mol. The van der Waals surface area contributed by atoms with Crippen LogP contribution in [-0.2, 0) is 11.3 Å². The standard InChI is InChI=1S/C13H11ClN2O3/c1-18-13(17)11-6-15-7-12(16-11)19-8-9-3-2-4-10(14)5-9/h2-7H,8H2,1H3. The van der Waals surface area contributed by atoms with Crippen molar-refractivity contribution in [1.29, 1.82) is 0 Å². The second kappa shape index (κ2) is 6.15. The smallest absolute Gasteiger partial charge is 0.358 e. The lowest BCUT2D eigenvalue weighted by Gasteiger charge is -2.06. The van der Waals surface area contributed by atoms with E-state index in [1.807, 2.05) is 12.1 Å². The first-order chi connectivity index (χ1) is 9.19. The number of carbonyl (C=O) groups is 1. The van der Waals surface area contributed by atoms with Crippen molar-refractivity contribution in [2.45, 2.75) is 6.61 Å². The van der Waals surface area contributed by atoms with Gasteiger partial charge in [-0.15, -0.1) is 0 Å². The first kappa shape index (κ1) is 13.3. The van der Waals surface area contributed by atoms with E-state index in [0.29, 0.717) is 11.6 Å². The number of aromatic nitrogens is 2. The molecule has 2 aromatic rings. The number of nitrogens with zero attached hydrogens (tertiary/aromatic N) is 2. The summed E-state index contributed by atoms with van der Waals surface area (Å²) in [7, 11) is 1.28. The Morgan fingerprint density at radius 2 is 2.21 bits per heavy atom. The summed E-state index contributed by atoms with van der Waals surface area (Å²) in [5.74, 6) is -0.302. The Hall–Kier alpha value is -2.14. The van der Waals surface area contributed by atoms with E-state index in [9.17, 15) is 4.79 Å². The van der Waals surface area contributed by atoms with Crippen molar-refractivity contribution < 1.29 is 14.3 Å². The van der Waals surface area contributed by atoms with Gasteiger partial charge in [0.25, 0.3) is 0 Å². The average molecular weight is 279 g/mol. The SMILES string of the molecule is COC(=O)c1cncc(OCc2cccc(Cl)c2)n1. The molecule has 0 atom stereocenters. The Morgan fingerprint density at radius 1 is 1.37 bits per heavy atom. The number of hydrogen-bond donors (Lipinski definition) is 0. The second-order valence-electron chi connectivity index (χ2n) is 3.65. The molecule has 98 valence electrons. The fourth-order valence-electron chi connectivity index (χ4n) is 1.40. The lowest BCUT2D eigenvalue weighted by Crippen LogP contribution is -2.06. The minimum atomic E-state index is -0.555. The van der Waals surface area contributed by atoms with Gasteiger partial charge in [-0.25, -0.2) is 9.78 Å². The summed E-state index contributed by atoms with van der Waals surface area (Å²) in [6.07, 6.45) is 2.75. The Morgan fingerprint density at radius 3 is 2.95 bits per heavy atom. The van der Waals surface area contributed by atoms with Crippen LogP contribution < -0.4 is 4.74 Å². The molecule has 1 heterocycles. The van der Waals surface area contributed by atoms with Crippen LogP contribution in [0.5, 0.6) is 5.88 Å². The fourth-order valence-corrected chi connectivity index (χ4v) is 1.62. The zero-order chi connectivity index (χ0) is 13.7. The summed E-state index contributed by atoms with van der Waals surface area (Å²) in [4.78, 5) is 19.1. The van der Waals surface area contributed by atoms with Gasteiger partial charge in [-0.3, -0.25) is 4.98 Å². The van der Waals surface area contributed by atoms with E-state index in [4.69, 9.17) is 16.3 Å². The van der Waals surface area contributed by atoms with Gasteiger partial charge >= 0.3 is 5.97 Å². The molecule has 0 fully saturated rings. The van der Waals surface area contributed by atoms with E-state index in [1.54, 1.807) is 12.1 Å². The first-order valence-electron chi connectivity index (χ1n) is 5.46. The number of benzene rings is 1. The van der Waals surface area contributed by atoms with Crippen LogP contribution in [0.3, 0.4) is 0 Å². The molecule has 0 aliphatic carbocycles. The van der Waals surface area contributed by atoms with Gasteiger partial charge in [0.05, 0.1) is 19.5 Å². The van der Waals surface area contributed by atoms with Crippen LogP contribution in [-0.4, -0.2) is 23.0 Å². The van der Waals surface area contributed by atoms with Crippen molar-refractivity contribution >= 4 is 17.6 Å². The van der Waals surface area contributed by atoms with E-state index in [2.05, 4.69) is 14.7 Å². The molecular formula is C13H11ClN2O3. The Kier molecular flexibility index (Phi) is 4.30. The van der Waals surface area contributed by atoms with Crippen LogP contribution in [0.1, 0.15) is 16.1 Å². The normalized spacial score (nSPS) is 10.0. The van der Waals surface area contributed by atoms with Gasteiger partial charge in [0.2, 0.25) is 5.88 Å². The molecule has 0 amide bonds. The molecule has 19 heavy (non-hydrogen) atoms. The molecule has 2 rings (SSSR count). The maximum absolute atomic E-state index is 11.3. The van der Waals surface area contributed by atoms with Crippen molar-refractivity contribution in [3.8, 4) is 5.88 Å². The molecule has 0 radical (unpaired) electrons. The maximum atomic E-state index is 11.3. The van der Waals surface area contributed by atoms with Gasteiger partial charge in [-0.1, -0.05) is 23.7 Å². The number of hydrogen-bond acceptors (Lipinski definition) is 5. The van der Waals surface area contributed by atoms with E-state index < -0.39 is 5.97 Å². The van der Waals surface area contributed by atoms with Crippen LogP contribution in [0, 0.1) is 0 Å². The number of esters is 1. The Bertz CT molecular complexity index is 590. The molecular weight excluding hydrogens is 268 g/mol. The fraction of sp³-hybridized carbons (Fsp3) is 0.154. The third-order valence-electron chi connectivity index (χ3n) is 2.28. The van der Waals surface area contributed by atoms with Gasteiger partial charge in [0.15, 0.2) is 5.69 Å². The molecule has 1 aromatic heterocycles. The minimum absolute atomic E-state index is 0.103. The molecule has 0 unspecified atom stereocenters. The first-order valence-corrected chi connectivity index (χ1v) is 5.84. The number of methoxy groups -OCH3 is 1. The average Bonchev–Trinajstić information content (AvgIpc) is 2.45. The second-order valence-corrected chi connectivity index (χ2v) is 4.09. The van der Waals surface area contributed by atoms with Gasteiger partial charge in [-0.2, -0.15) is 0 Å². The Balaban J connectivity index is 2.05. The maximum Gasteiger partial charge on any atom is 0.358 e. The largest absolute Gasteiger partial charge is 0.472 e. The summed E-state index contributed by atoms with van der Waals surface area (Å²) in [6, 6.07) is 7.28. The molecule has 0 saturated carbocycles. The highest BCUT2D eigenvalue weighted by Gasteiger charge is 2.09. The van der Waals surface area contributed by atoms with Gasteiger partial charge < -0.3 is 9.47 Å². The molecule has 1 aromatic carbocycles. The summed E-state index contributed by atoms with van der Waals surface area (Å²) < 4.78 is 10.00. The highest BCUT2D eigenvalue weighted by molar-refractivity contribution is 6.30. The van der Waals surface area contributed by atoms with Crippen molar-refractivity contribution in [3.63, 3.8) is 0 Å². The molecule has 0 aliphatic heterocycles. The van der Waals surface area contributed by atoms with Gasteiger partial charge in [0, 0.05) is 5.02 Å². The van der Waals surface area contributed by atoms with Crippen LogP contribution in [0.15, 0.2) is 36.7 Å². The van der Waals surface area contributed by atoms with Gasteiger partial charge in [0.1, 0.15) is 6.61 Å². The van der Waals surface area contributed by atoms with Crippen molar-refractivity contribution in [2.24, 2.45) is 0 Å². The Labute approximate surface area is 115 Å². The van der Waals surface area contributed by atoms with Crippen LogP contribution in [0.2, 0.25) is 5.02 Å². The van der Waals surface area contributed by atoms with E-state index >= 15 is 0 Å². The molecule has 0 N–H and O–H groups in total. The summed E-state index contributed by atoms with van der Waals surface area (Å²) in [5.41, 5.74) is 1.00. The highest BCUT2D eigenvalue weighted by Crippen LogP contribution is 2.13. The summed E-state index contributed by atoms with van der Waals surface area (Å²) >= 11 is 5.87. The number of ether oxygens (including phenoxy) is 2. The lowest BCUT2D eigenvalue weighted by atomic mass is 10.2. The summed E-state index contributed by atoms with van der Waals surface area (Å²) in [6.45, 7) is 0.292. The quantitative estimate of drug-likeness (QED) is 0.804. The molecule has 5 nitrogen and oxygen atoms in total. The van der Waals surface area contributed by atoms with Crippen molar-refractivity contribution in [2.75, 3.05) is 7.11 Å². The van der Waals surface area contributed by atoms with E-state index in [0.717, 1.165) is 5.56 Å². The van der Waals surface area contributed by atoms with Crippen LogP contribution in [0.25, 0.3) is 0 Å². The zero-order valence-electron chi connectivity index (χ0n) is 10.2. The monoisotopic (exact) mass is 278 g/mol.